The highest BCUT2D eigenvalue weighted by molar-refractivity contribution is 5.89. The van der Waals surface area contributed by atoms with E-state index in [2.05, 4.69) is 16.5 Å². The van der Waals surface area contributed by atoms with Crippen LogP contribution < -0.4 is 0 Å². The van der Waals surface area contributed by atoms with E-state index in [0.29, 0.717) is 25.1 Å². The average molecular weight is 358 g/mol. The van der Waals surface area contributed by atoms with Crippen LogP contribution in [0, 0.1) is 0 Å². The van der Waals surface area contributed by atoms with Gasteiger partial charge in [0.25, 0.3) is 0 Å². The summed E-state index contributed by atoms with van der Waals surface area (Å²) < 4.78 is 12.0. The second kappa shape index (κ2) is 9.75. The Labute approximate surface area is 154 Å². The summed E-state index contributed by atoms with van der Waals surface area (Å²) in [5.41, 5.74) is 2.64. The SMILES string of the molecule is CCCCc1ncc(CCOC(C)=O)n1Cc1ccc(C(=O)OC)cc1. The maximum absolute atomic E-state index is 11.6. The molecule has 1 aromatic heterocycles. The number of hydrogen-bond donors (Lipinski definition) is 0. The second-order valence-corrected chi connectivity index (χ2v) is 6.13. The van der Waals surface area contributed by atoms with Crippen molar-refractivity contribution in [3.63, 3.8) is 0 Å². The molecule has 0 spiro atoms. The zero-order valence-electron chi connectivity index (χ0n) is 15.7. The van der Waals surface area contributed by atoms with Gasteiger partial charge in [-0.05, 0) is 24.1 Å². The van der Waals surface area contributed by atoms with Crippen LogP contribution in [-0.4, -0.2) is 35.2 Å². The molecular formula is C20H26N2O4. The van der Waals surface area contributed by atoms with Crippen LogP contribution in [0.5, 0.6) is 0 Å². The summed E-state index contributed by atoms with van der Waals surface area (Å²) in [6, 6.07) is 7.38. The summed E-state index contributed by atoms with van der Waals surface area (Å²) in [5.74, 6) is 0.410. The number of esters is 2. The molecule has 2 aromatic rings. The first kappa shape index (κ1) is 19.7. The van der Waals surface area contributed by atoms with Gasteiger partial charge in [-0.2, -0.15) is 0 Å². The van der Waals surface area contributed by atoms with Crippen molar-refractivity contribution in [1.82, 2.24) is 9.55 Å². The van der Waals surface area contributed by atoms with Crippen molar-refractivity contribution in [1.29, 1.82) is 0 Å². The smallest absolute Gasteiger partial charge is 0.337 e. The Morgan fingerprint density at radius 2 is 1.88 bits per heavy atom. The van der Waals surface area contributed by atoms with Crippen LogP contribution in [0.2, 0.25) is 0 Å². The molecule has 0 aliphatic carbocycles. The number of hydrogen-bond acceptors (Lipinski definition) is 5. The molecular weight excluding hydrogens is 332 g/mol. The van der Waals surface area contributed by atoms with Crippen molar-refractivity contribution in [2.75, 3.05) is 13.7 Å². The van der Waals surface area contributed by atoms with Crippen LogP contribution in [-0.2, 0) is 33.7 Å². The van der Waals surface area contributed by atoms with Crippen LogP contribution in [0.4, 0.5) is 0 Å². The lowest BCUT2D eigenvalue weighted by molar-refractivity contribution is -0.140. The van der Waals surface area contributed by atoms with Crippen LogP contribution >= 0.6 is 0 Å². The Kier molecular flexibility index (Phi) is 7.38. The lowest BCUT2D eigenvalue weighted by Crippen LogP contribution is -2.12. The summed E-state index contributed by atoms with van der Waals surface area (Å²) in [5, 5.41) is 0. The van der Waals surface area contributed by atoms with Crippen molar-refractivity contribution in [3.8, 4) is 0 Å². The van der Waals surface area contributed by atoms with Gasteiger partial charge in [-0.25, -0.2) is 9.78 Å². The molecule has 0 aliphatic heterocycles. The summed E-state index contributed by atoms with van der Waals surface area (Å²) in [4.78, 5) is 27.1. The molecule has 0 atom stereocenters. The van der Waals surface area contributed by atoms with Crippen LogP contribution in [0.15, 0.2) is 30.5 Å². The van der Waals surface area contributed by atoms with Crippen LogP contribution in [0.3, 0.4) is 0 Å². The Morgan fingerprint density at radius 3 is 2.50 bits per heavy atom. The number of carbonyl (C=O) groups excluding carboxylic acids is 2. The Bertz CT molecular complexity index is 735. The zero-order valence-corrected chi connectivity index (χ0v) is 15.7. The molecule has 140 valence electrons. The number of benzene rings is 1. The molecule has 0 radical (unpaired) electrons. The molecule has 0 amide bonds. The molecule has 1 aromatic carbocycles. The third-order valence-corrected chi connectivity index (χ3v) is 4.15. The fraction of sp³-hybridized carbons (Fsp3) is 0.450. The fourth-order valence-electron chi connectivity index (χ4n) is 2.73. The van der Waals surface area contributed by atoms with Gasteiger partial charge in [0.05, 0.1) is 19.3 Å². The molecule has 0 bridgehead atoms. The van der Waals surface area contributed by atoms with Gasteiger partial charge in [-0.1, -0.05) is 25.5 Å². The zero-order chi connectivity index (χ0) is 18.9. The van der Waals surface area contributed by atoms with E-state index in [9.17, 15) is 9.59 Å². The quantitative estimate of drug-likeness (QED) is 0.644. The van der Waals surface area contributed by atoms with Gasteiger partial charge in [0, 0.05) is 38.2 Å². The lowest BCUT2D eigenvalue weighted by Gasteiger charge is -2.13. The van der Waals surface area contributed by atoms with E-state index in [-0.39, 0.29) is 11.9 Å². The first-order valence-electron chi connectivity index (χ1n) is 8.89. The molecule has 6 nitrogen and oxygen atoms in total. The highest BCUT2D eigenvalue weighted by Gasteiger charge is 2.12. The fourth-order valence-corrected chi connectivity index (χ4v) is 2.73. The van der Waals surface area contributed by atoms with E-state index >= 15 is 0 Å². The highest BCUT2D eigenvalue weighted by Crippen LogP contribution is 2.14. The minimum absolute atomic E-state index is 0.277. The van der Waals surface area contributed by atoms with Crippen molar-refractivity contribution in [3.05, 3.63) is 53.1 Å². The number of aromatic nitrogens is 2. The summed E-state index contributed by atoms with van der Waals surface area (Å²) in [7, 11) is 1.37. The first-order valence-corrected chi connectivity index (χ1v) is 8.89. The molecule has 0 N–H and O–H groups in total. The number of nitrogens with zero attached hydrogens (tertiary/aromatic N) is 2. The van der Waals surface area contributed by atoms with Gasteiger partial charge in [0.15, 0.2) is 0 Å². The van der Waals surface area contributed by atoms with Gasteiger partial charge < -0.3 is 14.0 Å². The van der Waals surface area contributed by atoms with Crippen LogP contribution in [0.1, 0.15) is 54.1 Å². The summed E-state index contributed by atoms with van der Waals surface area (Å²) in [6.45, 7) is 4.57. The highest BCUT2D eigenvalue weighted by atomic mass is 16.5. The van der Waals surface area contributed by atoms with Gasteiger partial charge in [0.1, 0.15) is 5.82 Å². The molecule has 26 heavy (non-hydrogen) atoms. The predicted molar refractivity (Wildman–Crippen MR) is 98.1 cm³/mol. The maximum atomic E-state index is 11.6. The normalized spacial score (nSPS) is 10.6. The third-order valence-electron chi connectivity index (χ3n) is 4.15. The lowest BCUT2D eigenvalue weighted by atomic mass is 10.1. The van der Waals surface area contributed by atoms with Gasteiger partial charge in [-0.3, -0.25) is 4.79 Å². The number of methoxy groups -OCH3 is 1. The molecule has 1 heterocycles. The van der Waals surface area contributed by atoms with Gasteiger partial charge >= 0.3 is 11.9 Å². The summed E-state index contributed by atoms with van der Waals surface area (Å²) >= 11 is 0. The van der Waals surface area contributed by atoms with E-state index in [1.165, 1.54) is 14.0 Å². The molecule has 0 unspecified atom stereocenters. The molecule has 0 aliphatic rings. The Balaban J connectivity index is 2.17. The molecule has 0 saturated carbocycles. The second-order valence-electron chi connectivity index (χ2n) is 6.13. The third kappa shape index (κ3) is 5.44. The molecule has 2 rings (SSSR count). The van der Waals surface area contributed by atoms with Gasteiger partial charge in [0.2, 0.25) is 0 Å². The standard InChI is InChI=1S/C20H26N2O4/c1-4-5-6-19-21-13-18(11-12-26-15(2)23)22(19)14-16-7-9-17(10-8-16)20(24)25-3/h7-10,13H,4-6,11-12,14H2,1-3H3. The first-order chi connectivity index (χ1) is 12.5. The monoisotopic (exact) mass is 358 g/mol. The predicted octanol–water partition coefficient (Wildman–Crippen LogP) is 3.17. The van der Waals surface area contributed by atoms with Crippen molar-refractivity contribution in [2.24, 2.45) is 0 Å². The Morgan fingerprint density at radius 1 is 1.15 bits per heavy atom. The van der Waals surface area contributed by atoms with E-state index in [1.807, 2.05) is 18.3 Å². The van der Waals surface area contributed by atoms with E-state index in [1.54, 1.807) is 12.1 Å². The topological polar surface area (TPSA) is 70.4 Å². The van der Waals surface area contributed by atoms with Crippen molar-refractivity contribution in [2.45, 2.75) is 46.1 Å². The van der Waals surface area contributed by atoms with E-state index < -0.39 is 0 Å². The number of imidazole rings is 1. The molecule has 0 fully saturated rings. The Hall–Kier alpha value is -2.63. The van der Waals surface area contributed by atoms with Crippen molar-refractivity contribution < 1.29 is 19.1 Å². The number of carbonyl (C=O) groups is 2. The number of rotatable bonds is 9. The minimum Gasteiger partial charge on any atom is -0.465 e. The van der Waals surface area contributed by atoms with E-state index in [0.717, 1.165) is 36.3 Å². The minimum atomic E-state index is -0.343. The molecule has 0 saturated heterocycles. The van der Waals surface area contributed by atoms with Crippen molar-refractivity contribution >= 4 is 11.9 Å². The largest absolute Gasteiger partial charge is 0.465 e. The van der Waals surface area contributed by atoms with Gasteiger partial charge in [-0.15, -0.1) is 0 Å². The van der Waals surface area contributed by atoms with E-state index in [4.69, 9.17) is 9.47 Å². The molecule has 6 heteroatoms. The number of ether oxygens (including phenoxy) is 2. The number of aryl methyl sites for hydroxylation is 1. The number of unbranched alkanes of at least 4 members (excludes halogenated alkanes) is 1. The van der Waals surface area contributed by atoms with Crippen LogP contribution in [0.25, 0.3) is 0 Å². The summed E-state index contributed by atoms with van der Waals surface area (Å²) in [6.07, 6.45) is 5.56. The average Bonchev–Trinajstić information content (AvgIpc) is 3.01. The maximum Gasteiger partial charge on any atom is 0.337 e.